The van der Waals surface area contributed by atoms with Gasteiger partial charge in [0.1, 0.15) is 5.83 Å². The van der Waals surface area contributed by atoms with Crippen molar-refractivity contribution in [2.75, 3.05) is 6.54 Å². The first-order valence-electron chi connectivity index (χ1n) is 3.86. The lowest BCUT2D eigenvalue weighted by atomic mass is 10.1. The molecule has 1 rings (SSSR count). The second-order valence-corrected chi connectivity index (χ2v) is 2.71. The molecule has 0 aromatic rings. The molecule has 4 heteroatoms. The summed E-state index contributed by atoms with van der Waals surface area (Å²) in [5.74, 6) is -0.951. The second-order valence-electron chi connectivity index (χ2n) is 2.71. The van der Waals surface area contributed by atoms with E-state index in [0.717, 1.165) is 0 Å². The highest BCUT2D eigenvalue weighted by atomic mass is 19.1. The molecule has 0 radical (unpaired) electrons. The lowest BCUT2D eigenvalue weighted by Crippen LogP contribution is -2.16. The molecule has 1 aliphatic heterocycles. The molecule has 0 bridgehead atoms. The summed E-state index contributed by atoms with van der Waals surface area (Å²) in [5.41, 5.74) is 5.98. The number of amides is 1. The lowest BCUT2D eigenvalue weighted by molar-refractivity contribution is -0.116. The molecule has 1 aliphatic rings. The first kappa shape index (κ1) is 9.51. The van der Waals surface area contributed by atoms with Crippen LogP contribution in [0.2, 0.25) is 0 Å². The minimum Gasteiger partial charge on any atom is -0.396 e. The Hall–Kier alpha value is -1.58. The Morgan fingerprint density at radius 3 is 2.77 bits per heavy atom. The summed E-state index contributed by atoms with van der Waals surface area (Å²) in [4.78, 5) is 11.1. The van der Waals surface area contributed by atoms with E-state index in [1.54, 1.807) is 0 Å². The van der Waals surface area contributed by atoms with Crippen molar-refractivity contribution in [1.82, 2.24) is 5.32 Å². The molecule has 1 heterocycles. The second kappa shape index (κ2) is 3.43. The Morgan fingerprint density at radius 1 is 1.77 bits per heavy atom. The van der Waals surface area contributed by atoms with E-state index in [0.29, 0.717) is 12.1 Å². The van der Waals surface area contributed by atoms with E-state index in [1.165, 1.54) is 13.0 Å². The van der Waals surface area contributed by atoms with Gasteiger partial charge in [-0.15, -0.1) is 0 Å². The van der Waals surface area contributed by atoms with E-state index in [-0.39, 0.29) is 17.2 Å². The summed E-state index contributed by atoms with van der Waals surface area (Å²) in [6.45, 7) is 5.46. The van der Waals surface area contributed by atoms with Gasteiger partial charge in [0.15, 0.2) is 0 Å². The molecule has 13 heavy (non-hydrogen) atoms. The number of hydrogen-bond donors (Lipinski definition) is 2. The number of carbonyl (C=O) groups is 1. The van der Waals surface area contributed by atoms with Gasteiger partial charge in [0.25, 0.3) is 5.91 Å². The van der Waals surface area contributed by atoms with E-state index in [1.807, 2.05) is 0 Å². The Morgan fingerprint density at radius 2 is 2.38 bits per heavy atom. The molecule has 0 spiro atoms. The summed E-state index contributed by atoms with van der Waals surface area (Å²) in [6.07, 6.45) is 1.21. The van der Waals surface area contributed by atoms with Gasteiger partial charge in [0.05, 0.1) is 11.3 Å². The predicted octanol–water partition coefficient (Wildman–Crippen LogP) is 0.758. The van der Waals surface area contributed by atoms with E-state index in [9.17, 15) is 9.18 Å². The van der Waals surface area contributed by atoms with E-state index < -0.39 is 5.83 Å². The number of nitrogens with two attached hydrogens (primary N) is 1. The predicted molar refractivity (Wildman–Crippen MR) is 48.2 cm³/mol. The summed E-state index contributed by atoms with van der Waals surface area (Å²) in [6, 6.07) is 0. The van der Waals surface area contributed by atoms with Crippen molar-refractivity contribution < 1.29 is 9.18 Å². The highest BCUT2D eigenvalue weighted by molar-refractivity contribution is 6.02. The maximum atomic E-state index is 13.0. The fraction of sp³-hybridized carbons (Fsp3) is 0.222. The molecule has 3 N–H and O–H groups in total. The third-order valence-corrected chi connectivity index (χ3v) is 1.82. The van der Waals surface area contributed by atoms with Crippen LogP contribution >= 0.6 is 0 Å². The number of halogens is 1. The van der Waals surface area contributed by atoms with Crippen LogP contribution in [0, 0.1) is 0 Å². The molecule has 70 valence electrons. The zero-order valence-corrected chi connectivity index (χ0v) is 7.36. The van der Waals surface area contributed by atoms with E-state index >= 15 is 0 Å². The van der Waals surface area contributed by atoms with Gasteiger partial charge in [-0.2, -0.15) is 0 Å². The molecular weight excluding hydrogens is 171 g/mol. The topological polar surface area (TPSA) is 55.1 Å². The molecule has 1 amide bonds. The number of rotatable bonds is 1. The minimum absolute atomic E-state index is 0.137. The van der Waals surface area contributed by atoms with Crippen molar-refractivity contribution in [3.63, 3.8) is 0 Å². The molecule has 0 atom stereocenters. The van der Waals surface area contributed by atoms with E-state index in [2.05, 4.69) is 11.9 Å². The number of allylic oxidation sites excluding steroid dienone is 2. The van der Waals surface area contributed by atoms with Gasteiger partial charge in [0.2, 0.25) is 0 Å². The minimum atomic E-state index is -0.590. The fourth-order valence-electron chi connectivity index (χ4n) is 1.11. The summed E-state index contributed by atoms with van der Waals surface area (Å²) < 4.78 is 13.0. The van der Waals surface area contributed by atoms with E-state index in [4.69, 9.17) is 5.73 Å². The number of hydrogen-bond acceptors (Lipinski definition) is 2. The molecule has 0 saturated carbocycles. The van der Waals surface area contributed by atoms with Gasteiger partial charge in [-0.3, -0.25) is 4.79 Å². The van der Waals surface area contributed by atoms with Gasteiger partial charge in [-0.1, -0.05) is 6.58 Å². The summed E-state index contributed by atoms with van der Waals surface area (Å²) >= 11 is 0. The maximum Gasteiger partial charge on any atom is 0.254 e. The number of carbonyl (C=O) groups excluding carboxylic acids is 1. The zero-order chi connectivity index (χ0) is 10.0. The first-order chi connectivity index (χ1) is 6.07. The molecule has 3 nitrogen and oxygen atoms in total. The normalized spacial score (nSPS) is 21.8. The third kappa shape index (κ3) is 1.61. The summed E-state index contributed by atoms with van der Waals surface area (Å²) in [5, 5.41) is 2.51. The van der Waals surface area contributed by atoms with Crippen molar-refractivity contribution in [2.45, 2.75) is 6.92 Å². The molecule has 0 aromatic heterocycles. The molecule has 0 aliphatic carbocycles. The van der Waals surface area contributed by atoms with Crippen LogP contribution in [0.15, 0.2) is 35.3 Å². The molecule has 1 saturated heterocycles. The van der Waals surface area contributed by atoms with Crippen LogP contribution in [-0.4, -0.2) is 12.5 Å². The number of nitrogens with one attached hydrogen (secondary N) is 1. The van der Waals surface area contributed by atoms with Crippen LogP contribution in [0.1, 0.15) is 6.92 Å². The Kier molecular flexibility index (Phi) is 2.51. The molecule has 0 aromatic carbocycles. The zero-order valence-electron chi connectivity index (χ0n) is 7.36. The lowest BCUT2D eigenvalue weighted by Gasteiger charge is -2.01. The molecule has 0 unspecified atom stereocenters. The van der Waals surface area contributed by atoms with Crippen molar-refractivity contribution >= 4 is 5.91 Å². The van der Waals surface area contributed by atoms with Crippen molar-refractivity contribution in [3.8, 4) is 0 Å². The van der Waals surface area contributed by atoms with Crippen LogP contribution in [0.25, 0.3) is 0 Å². The van der Waals surface area contributed by atoms with Gasteiger partial charge in [-0.05, 0) is 18.6 Å². The van der Waals surface area contributed by atoms with Gasteiger partial charge < -0.3 is 11.1 Å². The van der Waals surface area contributed by atoms with Crippen molar-refractivity contribution in [2.24, 2.45) is 5.73 Å². The third-order valence-electron chi connectivity index (χ3n) is 1.82. The van der Waals surface area contributed by atoms with Crippen LogP contribution in [0.5, 0.6) is 0 Å². The maximum absolute atomic E-state index is 13.0. The largest absolute Gasteiger partial charge is 0.396 e. The standard InChI is InChI=1S/C9H11FN2O/c1-3-6(10)8(11)7-5(2)4-12-9(7)13/h3H,2,4,11H2,1H3,(H,12,13)/b6-3+,8-7-. The average molecular weight is 182 g/mol. The van der Waals surface area contributed by atoms with Crippen molar-refractivity contribution in [1.29, 1.82) is 0 Å². The van der Waals surface area contributed by atoms with Crippen molar-refractivity contribution in [3.05, 3.63) is 35.3 Å². The Balaban J connectivity index is 3.16. The van der Waals surface area contributed by atoms with Gasteiger partial charge >= 0.3 is 0 Å². The molecule has 1 fully saturated rings. The van der Waals surface area contributed by atoms with Crippen LogP contribution in [0.3, 0.4) is 0 Å². The quantitative estimate of drug-likeness (QED) is 0.588. The Bertz CT molecular complexity index is 311. The monoisotopic (exact) mass is 182 g/mol. The van der Waals surface area contributed by atoms with Crippen LogP contribution < -0.4 is 11.1 Å². The highest BCUT2D eigenvalue weighted by Gasteiger charge is 2.24. The average Bonchev–Trinajstić information content (AvgIpc) is 2.44. The summed E-state index contributed by atoms with van der Waals surface area (Å²) in [7, 11) is 0. The SMILES string of the molecule is C=C1CNC(=O)/C1=C(N)/C(F)=C\C. The van der Waals surface area contributed by atoms with Crippen LogP contribution in [0.4, 0.5) is 4.39 Å². The fourth-order valence-corrected chi connectivity index (χ4v) is 1.11. The highest BCUT2D eigenvalue weighted by Crippen LogP contribution is 2.20. The van der Waals surface area contributed by atoms with Gasteiger partial charge in [-0.25, -0.2) is 4.39 Å². The Labute approximate surface area is 75.8 Å². The molecular formula is C9H11FN2O. The van der Waals surface area contributed by atoms with Crippen LogP contribution in [-0.2, 0) is 4.79 Å². The smallest absolute Gasteiger partial charge is 0.254 e. The first-order valence-corrected chi connectivity index (χ1v) is 3.86. The van der Waals surface area contributed by atoms with Gasteiger partial charge in [0, 0.05) is 6.54 Å².